The minimum atomic E-state index is -5.11. The van der Waals surface area contributed by atoms with Gasteiger partial charge in [0.25, 0.3) is 0 Å². The summed E-state index contributed by atoms with van der Waals surface area (Å²) in [4.78, 5) is 32.3. The Bertz CT molecular complexity index is 1590. The maximum absolute atomic E-state index is 13.6. The van der Waals surface area contributed by atoms with E-state index in [1.165, 1.54) is 36.3 Å². The lowest BCUT2D eigenvalue weighted by atomic mass is 10.1. The third kappa shape index (κ3) is 8.97. The normalized spacial score (nSPS) is 11.9. The van der Waals surface area contributed by atoms with Crippen LogP contribution in [0.25, 0.3) is 10.9 Å². The molecule has 1 heterocycles. The molecular weight excluding hydrogens is 609 g/mol. The Balaban J connectivity index is 1.56. The van der Waals surface area contributed by atoms with Gasteiger partial charge in [-0.3, -0.25) is 4.79 Å². The van der Waals surface area contributed by atoms with Crippen molar-refractivity contribution in [3.63, 3.8) is 0 Å². The summed E-state index contributed by atoms with van der Waals surface area (Å²) in [5.41, 5.74) is -1.54. The van der Waals surface area contributed by atoms with Gasteiger partial charge in [-0.25, -0.2) is 9.18 Å². The Hall–Kier alpha value is -4.59. The molecule has 7 nitrogen and oxygen atoms in total. The number of aromatic amines is 1. The van der Waals surface area contributed by atoms with Gasteiger partial charge in [-0.05, 0) is 53.9 Å². The molecule has 2 N–H and O–H groups in total. The Labute approximate surface area is 253 Å². The molecular formula is C31H29F7N4O3. The van der Waals surface area contributed by atoms with E-state index in [-0.39, 0.29) is 32.3 Å². The molecule has 0 aliphatic heterocycles. The Kier molecular flexibility index (Phi) is 10.4. The van der Waals surface area contributed by atoms with Crippen LogP contribution in [0, 0.1) is 5.82 Å². The molecule has 0 radical (unpaired) electrons. The lowest BCUT2D eigenvalue weighted by Crippen LogP contribution is -2.46. The number of carbonyl (C=O) groups excluding carboxylic acids is 2. The van der Waals surface area contributed by atoms with Crippen molar-refractivity contribution in [2.45, 2.75) is 25.3 Å². The number of H-pyrrole nitrogens is 1. The van der Waals surface area contributed by atoms with Crippen molar-refractivity contribution in [1.29, 1.82) is 0 Å². The highest BCUT2D eigenvalue weighted by molar-refractivity contribution is 5.92. The molecule has 0 atom stereocenters. The molecule has 0 fully saturated rings. The van der Waals surface area contributed by atoms with Gasteiger partial charge in [-0.2, -0.15) is 26.3 Å². The van der Waals surface area contributed by atoms with E-state index in [1.54, 1.807) is 0 Å². The molecule has 0 unspecified atom stereocenters. The fraction of sp³-hybridized carbons (Fsp3) is 0.290. The molecule has 3 aromatic carbocycles. The van der Waals surface area contributed by atoms with Crippen molar-refractivity contribution in [2.24, 2.45) is 0 Å². The number of anilines is 1. The first-order chi connectivity index (χ1) is 21.2. The number of carbonyl (C=O) groups is 2. The number of ether oxygens (including phenoxy) is 1. The molecule has 1 aromatic heterocycles. The van der Waals surface area contributed by atoms with Crippen LogP contribution in [0.3, 0.4) is 0 Å². The standard InChI is InChI=1S/C31H29F7N4O3/c1-45-13-12-42(29(44)40-25-15-22(30(33,34)35)14-23(16-25)31(36,37)38)19-28(43)41(18-20-6-8-24(32)9-7-20)11-10-21-17-39-27-5-3-2-4-26(21)27/h2-9,14-17,39H,10-13,18-19H2,1H3,(H,40,44). The number of hydrogen-bond donors (Lipinski definition) is 2. The fourth-order valence-corrected chi connectivity index (χ4v) is 4.64. The third-order valence-corrected chi connectivity index (χ3v) is 6.98. The Morgan fingerprint density at radius 2 is 1.51 bits per heavy atom. The maximum atomic E-state index is 13.6. The SMILES string of the molecule is COCCN(CC(=O)N(CCc1c[nH]c2ccccc12)Cc1ccc(F)cc1)C(=O)Nc1cc(C(F)(F)F)cc(C(F)(F)F)c1. The van der Waals surface area contributed by atoms with Crippen LogP contribution >= 0.6 is 0 Å². The van der Waals surface area contributed by atoms with E-state index in [0.717, 1.165) is 21.4 Å². The zero-order chi connectivity index (χ0) is 32.8. The molecule has 0 saturated carbocycles. The predicted octanol–water partition coefficient (Wildman–Crippen LogP) is 7.10. The van der Waals surface area contributed by atoms with Crippen LogP contribution in [0.15, 0.2) is 72.9 Å². The summed E-state index contributed by atoms with van der Waals surface area (Å²) in [5, 5.41) is 3.02. The second-order valence-electron chi connectivity index (χ2n) is 10.2. The molecule has 0 bridgehead atoms. The molecule has 0 saturated heterocycles. The number of alkyl halides is 6. The highest BCUT2D eigenvalue weighted by Crippen LogP contribution is 2.37. The van der Waals surface area contributed by atoms with Crippen LogP contribution < -0.4 is 5.32 Å². The van der Waals surface area contributed by atoms with Gasteiger partial charge in [0.05, 0.1) is 17.7 Å². The van der Waals surface area contributed by atoms with Crippen molar-refractivity contribution in [1.82, 2.24) is 14.8 Å². The highest BCUT2D eigenvalue weighted by atomic mass is 19.4. The number of benzene rings is 3. The van der Waals surface area contributed by atoms with Gasteiger partial charge in [0.15, 0.2) is 0 Å². The first kappa shape index (κ1) is 33.3. The van der Waals surface area contributed by atoms with Gasteiger partial charge in [-0.1, -0.05) is 30.3 Å². The summed E-state index contributed by atoms with van der Waals surface area (Å²) in [6.07, 6.45) is -8.00. The van der Waals surface area contributed by atoms with Crippen molar-refractivity contribution >= 4 is 28.5 Å². The number of amides is 3. The molecule has 14 heteroatoms. The maximum Gasteiger partial charge on any atom is 0.416 e. The molecule has 4 aromatic rings. The topological polar surface area (TPSA) is 77.7 Å². The third-order valence-electron chi connectivity index (χ3n) is 6.98. The van der Waals surface area contributed by atoms with E-state index >= 15 is 0 Å². The minimum absolute atomic E-state index is 0.0454. The number of methoxy groups -OCH3 is 1. The number of hydrogen-bond acceptors (Lipinski definition) is 3. The lowest BCUT2D eigenvalue weighted by Gasteiger charge is -2.28. The van der Waals surface area contributed by atoms with Gasteiger partial charge in [0.2, 0.25) is 5.91 Å². The van der Waals surface area contributed by atoms with Crippen molar-refractivity contribution in [2.75, 3.05) is 38.7 Å². The van der Waals surface area contributed by atoms with Crippen LogP contribution in [0.5, 0.6) is 0 Å². The first-order valence-electron chi connectivity index (χ1n) is 13.7. The van der Waals surface area contributed by atoms with E-state index in [0.29, 0.717) is 24.1 Å². The van der Waals surface area contributed by atoms with Crippen LogP contribution in [-0.2, 0) is 34.8 Å². The van der Waals surface area contributed by atoms with Crippen LogP contribution in [0.4, 0.5) is 41.2 Å². The van der Waals surface area contributed by atoms with E-state index in [1.807, 2.05) is 30.5 Å². The molecule has 0 spiro atoms. The first-order valence-corrected chi connectivity index (χ1v) is 13.7. The van der Waals surface area contributed by atoms with Gasteiger partial charge in [-0.15, -0.1) is 0 Å². The van der Waals surface area contributed by atoms with E-state index in [2.05, 4.69) is 10.3 Å². The summed E-state index contributed by atoms with van der Waals surface area (Å²) >= 11 is 0. The average molecular weight is 639 g/mol. The Morgan fingerprint density at radius 3 is 2.13 bits per heavy atom. The summed E-state index contributed by atoms with van der Waals surface area (Å²) in [5.74, 6) is -1.04. The van der Waals surface area contributed by atoms with Gasteiger partial charge >= 0.3 is 18.4 Å². The summed E-state index contributed by atoms with van der Waals surface area (Å²) in [6.45, 7) is -0.629. The van der Waals surface area contributed by atoms with E-state index in [4.69, 9.17) is 4.74 Å². The van der Waals surface area contributed by atoms with Crippen LogP contribution in [0.1, 0.15) is 22.3 Å². The zero-order valence-electron chi connectivity index (χ0n) is 23.9. The van der Waals surface area contributed by atoms with Crippen molar-refractivity contribution in [3.8, 4) is 0 Å². The number of para-hydroxylation sites is 1. The fourth-order valence-electron chi connectivity index (χ4n) is 4.64. The number of halogens is 7. The molecule has 0 aliphatic carbocycles. The highest BCUT2D eigenvalue weighted by Gasteiger charge is 2.37. The summed E-state index contributed by atoms with van der Waals surface area (Å²) in [6, 6.07) is 12.6. The van der Waals surface area contributed by atoms with E-state index in [9.17, 15) is 40.3 Å². The number of urea groups is 1. The molecule has 0 aliphatic rings. The van der Waals surface area contributed by atoms with Crippen molar-refractivity contribution < 1.29 is 45.1 Å². The molecule has 3 amide bonds. The second kappa shape index (κ2) is 14.0. The number of rotatable bonds is 11. The number of aromatic nitrogens is 1. The minimum Gasteiger partial charge on any atom is -0.383 e. The average Bonchev–Trinajstić information content (AvgIpc) is 3.40. The van der Waals surface area contributed by atoms with Gasteiger partial charge in [0, 0.05) is 49.5 Å². The second-order valence-corrected chi connectivity index (χ2v) is 10.2. The van der Waals surface area contributed by atoms with Crippen LogP contribution in [-0.4, -0.2) is 60.1 Å². The lowest BCUT2D eigenvalue weighted by molar-refractivity contribution is -0.143. The number of nitrogens with zero attached hydrogens (tertiary/aromatic N) is 2. The van der Waals surface area contributed by atoms with Crippen LogP contribution in [0.2, 0.25) is 0 Å². The zero-order valence-corrected chi connectivity index (χ0v) is 23.9. The molecule has 45 heavy (non-hydrogen) atoms. The predicted molar refractivity (Wildman–Crippen MR) is 153 cm³/mol. The number of fused-ring (bicyclic) bond motifs is 1. The summed E-state index contributed by atoms with van der Waals surface area (Å²) in [7, 11) is 1.32. The van der Waals surface area contributed by atoms with Gasteiger partial charge < -0.3 is 24.8 Å². The quantitative estimate of drug-likeness (QED) is 0.172. The smallest absolute Gasteiger partial charge is 0.383 e. The molecule has 240 valence electrons. The number of nitrogens with one attached hydrogen (secondary N) is 2. The summed E-state index contributed by atoms with van der Waals surface area (Å²) < 4.78 is 98.6. The van der Waals surface area contributed by atoms with Crippen molar-refractivity contribution in [3.05, 3.63) is 101 Å². The van der Waals surface area contributed by atoms with Gasteiger partial charge in [0.1, 0.15) is 12.4 Å². The monoisotopic (exact) mass is 638 g/mol. The van der Waals surface area contributed by atoms with E-state index < -0.39 is 53.5 Å². The largest absolute Gasteiger partial charge is 0.416 e. The Morgan fingerprint density at radius 1 is 0.867 bits per heavy atom. The molecule has 4 rings (SSSR count).